The van der Waals surface area contributed by atoms with Crippen LogP contribution in [0.3, 0.4) is 0 Å². The molecule has 1 saturated heterocycles. The van der Waals surface area contributed by atoms with Gasteiger partial charge in [0.2, 0.25) is 0 Å². The lowest BCUT2D eigenvalue weighted by Crippen LogP contribution is -2.51. The molecule has 2 N–H and O–H groups in total. The summed E-state index contributed by atoms with van der Waals surface area (Å²) in [5.74, 6) is -0.208. The van der Waals surface area contributed by atoms with E-state index in [9.17, 15) is 4.39 Å². The van der Waals surface area contributed by atoms with Crippen LogP contribution in [0.2, 0.25) is 0 Å². The molecule has 106 valence electrons. The molecule has 3 nitrogen and oxygen atoms in total. The maximum absolute atomic E-state index is 12.9. The van der Waals surface area contributed by atoms with E-state index in [1.54, 1.807) is 12.1 Å². The van der Waals surface area contributed by atoms with Gasteiger partial charge < -0.3 is 10.6 Å². The molecule has 1 aromatic rings. The highest BCUT2D eigenvalue weighted by atomic mass is 19.1. The second kappa shape index (κ2) is 6.46. The molecule has 2 unspecified atom stereocenters. The molecule has 1 aliphatic heterocycles. The molecule has 0 saturated carbocycles. The van der Waals surface area contributed by atoms with Crippen molar-refractivity contribution in [2.45, 2.75) is 25.9 Å². The first kappa shape index (κ1) is 14.4. The predicted octanol–water partition coefficient (Wildman–Crippen LogP) is 1.85. The monoisotopic (exact) mass is 265 g/mol. The Morgan fingerprint density at radius 3 is 2.26 bits per heavy atom. The third-order valence-electron chi connectivity index (χ3n) is 4.20. The number of likely N-dealkylation sites (N-methyl/N-ethyl adjacent to an activating group) is 1. The second-order valence-corrected chi connectivity index (χ2v) is 5.29. The van der Waals surface area contributed by atoms with Crippen LogP contribution in [0.15, 0.2) is 24.3 Å². The van der Waals surface area contributed by atoms with Crippen LogP contribution in [0, 0.1) is 5.82 Å². The van der Waals surface area contributed by atoms with Crippen molar-refractivity contribution in [2.75, 3.05) is 32.7 Å². The van der Waals surface area contributed by atoms with Crippen LogP contribution in [0.4, 0.5) is 4.39 Å². The first-order valence-electron chi connectivity index (χ1n) is 7.09. The van der Waals surface area contributed by atoms with Gasteiger partial charge in [-0.3, -0.25) is 4.90 Å². The topological polar surface area (TPSA) is 32.5 Å². The minimum Gasteiger partial charge on any atom is -0.323 e. The second-order valence-electron chi connectivity index (χ2n) is 5.29. The maximum Gasteiger partial charge on any atom is 0.123 e. The highest BCUT2D eigenvalue weighted by Gasteiger charge is 2.25. The van der Waals surface area contributed by atoms with Crippen molar-refractivity contribution in [2.24, 2.45) is 5.73 Å². The highest BCUT2D eigenvalue weighted by Crippen LogP contribution is 2.20. The van der Waals surface area contributed by atoms with Gasteiger partial charge in [-0.15, -0.1) is 0 Å². The Kier molecular flexibility index (Phi) is 4.91. The zero-order valence-electron chi connectivity index (χ0n) is 11.8. The van der Waals surface area contributed by atoms with Gasteiger partial charge in [0.1, 0.15) is 5.82 Å². The summed E-state index contributed by atoms with van der Waals surface area (Å²) in [6.45, 7) is 9.81. The van der Waals surface area contributed by atoms with Gasteiger partial charge in [0.25, 0.3) is 0 Å². The molecule has 19 heavy (non-hydrogen) atoms. The molecule has 0 aliphatic carbocycles. The fourth-order valence-electron chi connectivity index (χ4n) is 2.68. The molecule has 1 heterocycles. The number of rotatable bonds is 4. The minimum absolute atomic E-state index is 0.0613. The zero-order chi connectivity index (χ0) is 13.8. The van der Waals surface area contributed by atoms with Crippen LogP contribution in [0.1, 0.15) is 25.5 Å². The summed E-state index contributed by atoms with van der Waals surface area (Å²) in [5.41, 5.74) is 7.32. The predicted molar refractivity (Wildman–Crippen MR) is 76.5 cm³/mol. The van der Waals surface area contributed by atoms with Gasteiger partial charge in [-0.25, -0.2) is 4.39 Å². The van der Waals surface area contributed by atoms with E-state index < -0.39 is 0 Å². The average molecular weight is 265 g/mol. The zero-order valence-corrected chi connectivity index (χ0v) is 11.8. The van der Waals surface area contributed by atoms with E-state index in [0.29, 0.717) is 0 Å². The average Bonchev–Trinajstić information content (AvgIpc) is 2.46. The Morgan fingerprint density at radius 2 is 1.74 bits per heavy atom. The maximum atomic E-state index is 12.9. The van der Waals surface area contributed by atoms with Gasteiger partial charge in [-0.05, 0) is 31.2 Å². The molecular weight excluding hydrogens is 241 g/mol. The van der Waals surface area contributed by atoms with Crippen LogP contribution < -0.4 is 5.73 Å². The Labute approximate surface area is 115 Å². The molecule has 2 atom stereocenters. The van der Waals surface area contributed by atoms with Crippen LogP contribution >= 0.6 is 0 Å². The van der Waals surface area contributed by atoms with Gasteiger partial charge in [-0.2, -0.15) is 0 Å². The van der Waals surface area contributed by atoms with Gasteiger partial charge in [-0.1, -0.05) is 19.1 Å². The smallest absolute Gasteiger partial charge is 0.123 e. The number of nitrogens with zero attached hydrogens (tertiary/aromatic N) is 2. The fraction of sp³-hybridized carbons (Fsp3) is 0.600. The molecule has 1 fully saturated rings. The molecule has 0 amide bonds. The van der Waals surface area contributed by atoms with Crippen molar-refractivity contribution in [3.8, 4) is 0 Å². The lowest BCUT2D eigenvalue weighted by molar-refractivity contribution is 0.0950. The number of hydrogen-bond acceptors (Lipinski definition) is 3. The van der Waals surface area contributed by atoms with Crippen LogP contribution in [-0.2, 0) is 0 Å². The van der Waals surface area contributed by atoms with Crippen molar-refractivity contribution in [1.82, 2.24) is 9.80 Å². The standard InChI is InChI=1S/C15H24FN3/c1-3-18-8-10-19(11-9-18)12(2)15(17)13-4-6-14(16)7-5-13/h4-7,12,15H,3,8-11,17H2,1-2H3. The molecule has 0 radical (unpaired) electrons. The molecule has 1 aliphatic rings. The van der Waals surface area contributed by atoms with Gasteiger partial charge in [0.15, 0.2) is 0 Å². The van der Waals surface area contributed by atoms with E-state index in [1.807, 2.05) is 0 Å². The largest absolute Gasteiger partial charge is 0.323 e. The summed E-state index contributed by atoms with van der Waals surface area (Å²) in [7, 11) is 0. The normalized spacial score (nSPS) is 21.3. The Hall–Kier alpha value is -0.970. The number of halogens is 1. The third-order valence-corrected chi connectivity index (χ3v) is 4.20. The fourth-order valence-corrected chi connectivity index (χ4v) is 2.68. The number of hydrogen-bond donors (Lipinski definition) is 1. The van der Waals surface area contributed by atoms with Crippen molar-refractivity contribution in [3.05, 3.63) is 35.6 Å². The molecular formula is C15H24FN3. The molecule has 1 aromatic carbocycles. The van der Waals surface area contributed by atoms with Crippen molar-refractivity contribution < 1.29 is 4.39 Å². The SMILES string of the molecule is CCN1CCN(C(C)C(N)c2ccc(F)cc2)CC1. The van der Waals surface area contributed by atoms with Gasteiger partial charge in [0.05, 0.1) is 0 Å². The molecule has 0 aromatic heterocycles. The van der Waals surface area contributed by atoms with Crippen LogP contribution in [-0.4, -0.2) is 48.6 Å². The third kappa shape index (κ3) is 3.53. The lowest BCUT2D eigenvalue weighted by atomic mass is 9.99. The number of benzene rings is 1. The Bertz CT molecular complexity index is 385. The minimum atomic E-state index is -0.208. The quantitative estimate of drug-likeness (QED) is 0.902. The van der Waals surface area contributed by atoms with E-state index in [0.717, 1.165) is 38.3 Å². The number of nitrogens with two attached hydrogens (primary N) is 1. The molecule has 0 spiro atoms. The van der Waals surface area contributed by atoms with E-state index >= 15 is 0 Å². The first-order valence-corrected chi connectivity index (χ1v) is 7.09. The first-order chi connectivity index (χ1) is 9.11. The summed E-state index contributed by atoms with van der Waals surface area (Å²) in [5, 5.41) is 0. The highest BCUT2D eigenvalue weighted by molar-refractivity contribution is 5.21. The van der Waals surface area contributed by atoms with Crippen LogP contribution in [0.5, 0.6) is 0 Å². The van der Waals surface area contributed by atoms with E-state index in [-0.39, 0.29) is 17.9 Å². The number of piperazine rings is 1. The van der Waals surface area contributed by atoms with Crippen molar-refractivity contribution in [1.29, 1.82) is 0 Å². The van der Waals surface area contributed by atoms with E-state index in [2.05, 4.69) is 23.6 Å². The molecule has 2 rings (SSSR count). The van der Waals surface area contributed by atoms with Crippen LogP contribution in [0.25, 0.3) is 0 Å². The molecule has 0 bridgehead atoms. The summed E-state index contributed by atoms with van der Waals surface area (Å²) >= 11 is 0. The summed E-state index contributed by atoms with van der Waals surface area (Å²) in [4.78, 5) is 4.88. The van der Waals surface area contributed by atoms with Gasteiger partial charge in [0, 0.05) is 38.3 Å². The van der Waals surface area contributed by atoms with E-state index in [1.165, 1.54) is 12.1 Å². The summed E-state index contributed by atoms with van der Waals surface area (Å²) in [6.07, 6.45) is 0. The van der Waals surface area contributed by atoms with Crippen molar-refractivity contribution >= 4 is 0 Å². The van der Waals surface area contributed by atoms with E-state index in [4.69, 9.17) is 5.73 Å². The summed E-state index contributed by atoms with van der Waals surface area (Å²) in [6, 6.07) is 6.77. The Morgan fingerprint density at radius 1 is 1.16 bits per heavy atom. The Balaban J connectivity index is 1.95. The van der Waals surface area contributed by atoms with Gasteiger partial charge >= 0.3 is 0 Å². The lowest BCUT2D eigenvalue weighted by Gasteiger charge is -2.39. The molecule has 4 heteroatoms. The van der Waals surface area contributed by atoms with Crippen molar-refractivity contribution in [3.63, 3.8) is 0 Å². The summed E-state index contributed by atoms with van der Waals surface area (Å²) < 4.78 is 12.9.